The number of ether oxygens (including phenoxy) is 2. The van der Waals surface area contributed by atoms with Crippen molar-refractivity contribution in [2.24, 2.45) is 10.9 Å². The van der Waals surface area contributed by atoms with Crippen molar-refractivity contribution in [3.63, 3.8) is 0 Å². The second-order valence-corrected chi connectivity index (χ2v) is 6.22. The number of rotatable bonds is 6. The Morgan fingerprint density at radius 3 is 2.59 bits per heavy atom. The second kappa shape index (κ2) is 8.57. The molecule has 8 nitrogen and oxygen atoms in total. The maximum Gasteiger partial charge on any atom is 0.336 e. The molecule has 1 heterocycles. The second-order valence-electron chi connectivity index (χ2n) is 6.22. The van der Waals surface area contributed by atoms with Gasteiger partial charge >= 0.3 is 11.9 Å². The Morgan fingerprint density at radius 2 is 2.00 bits per heavy atom. The molecule has 0 aromatic heterocycles. The third kappa shape index (κ3) is 4.21. The van der Waals surface area contributed by atoms with Gasteiger partial charge in [0.1, 0.15) is 5.92 Å². The molecule has 0 spiro atoms. The van der Waals surface area contributed by atoms with E-state index in [-0.39, 0.29) is 17.9 Å². The zero-order valence-electron chi connectivity index (χ0n) is 15.7. The summed E-state index contributed by atoms with van der Waals surface area (Å²) in [6, 6.07) is 5.88. The molecular formula is C19H22N2O6. The van der Waals surface area contributed by atoms with Gasteiger partial charge in [-0.3, -0.25) is 19.9 Å². The number of allylic oxidation sites excluding steroid dienone is 1. The van der Waals surface area contributed by atoms with Crippen LogP contribution >= 0.6 is 0 Å². The fourth-order valence-corrected chi connectivity index (χ4v) is 3.20. The Balaban J connectivity index is 2.64. The van der Waals surface area contributed by atoms with E-state index < -0.39 is 28.7 Å². The molecule has 2 atom stereocenters. The van der Waals surface area contributed by atoms with E-state index >= 15 is 0 Å². The van der Waals surface area contributed by atoms with Crippen LogP contribution in [0.15, 0.2) is 40.5 Å². The van der Waals surface area contributed by atoms with Crippen LogP contribution in [0.4, 0.5) is 5.69 Å². The van der Waals surface area contributed by atoms with E-state index in [4.69, 9.17) is 9.47 Å². The molecule has 144 valence electrons. The van der Waals surface area contributed by atoms with Crippen molar-refractivity contribution in [3.8, 4) is 0 Å². The number of benzene rings is 1. The van der Waals surface area contributed by atoms with Gasteiger partial charge in [0.15, 0.2) is 0 Å². The predicted octanol–water partition coefficient (Wildman–Crippen LogP) is 3.17. The molecule has 0 fully saturated rings. The van der Waals surface area contributed by atoms with Gasteiger partial charge in [-0.15, -0.1) is 0 Å². The number of esters is 2. The summed E-state index contributed by atoms with van der Waals surface area (Å²) in [5.41, 5.74) is 1.44. The summed E-state index contributed by atoms with van der Waals surface area (Å²) in [6.07, 6.45) is 0.641. The Kier molecular flexibility index (Phi) is 6.44. The van der Waals surface area contributed by atoms with E-state index in [2.05, 4.69) is 4.99 Å². The number of nitro groups is 1. The zero-order valence-corrected chi connectivity index (χ0v) is 15.7. The summed E-state index contributed by atoms with van der Waals surface area (Å²) in [4.78, 5) is 40.2. The first-order chi connectivity index (χ1) is 12.8. The van der Waals surface area contributed by atoms with Gasteiger partial charge < -0.3 is 9.47 Å². The van der Waals surface area contributed by atoms with Gasteiger partial charge in [-0.1, -0.05) is 19.1 Å². The van der Waals surface area contributed by atoms with Gasteiger partial charge in [0.05, 0.1) is 24.2 Å². The van der Waals surface area contributed by atoms with Gasteiger partial charge in [-0.05, 0) is 25.8 Å². The Labute approximate surface area is 157 Å². The molecule has 0 radical (unpaired) electrons. The number of aliphatic imine (C=N–C) groups is 1. The highest BCUT2D eigenvalue weighted by Gasteiger charge is 2.42. The predicted molar refractivity (Wildman–Crippen MR) is 98.4 cm³/mol. The first-order valence-corrected chi connectivity index (χ1v) is 8.57. The molecule has 2 rings (SSSR count). The number of carbonyl (C=O) groups excluding carboxylic acids is 2. The van der Waals surface area contributed by atoms with E-state index in [1.165, 1.54) is 25.3 Å². The number of non-ortho nitro benzene ring substituents is 1. The van der Waals surface area contributed by atoms with Crippen molar-refractivity contribution in [1.82, 2.24) is 0 Å². The number of carbonyl (C=O) groups is 2. The van der Waals surface area contributed by atoms with Crippen LogP contribution in [-0.4, -0.2) is 36.3 Å². The van der Waals surface area contributed by atoms with E-state index in [9.17, 15) is 19.7 Å². The topological polar surface area (TPSA) is 108 Å². The van der Waals surface area contributed by atoms with Gasteiger partial charge in [0.25, 0.3) is 5.69 Å². The first-order valence-electron chi connectivity index (χ1n) is 8.57. The molecule has 0 saturated carbocycles. The van der Waals surface area contributed by atoms with Crippen LogP contribution < -0.4 is 0 Å². The van der Waals surface area contributed by atoms with E-state index in [1.807, 2.05) is 6.92 Å². The van der Waals surface area contributed by atoms with E-state index in [1.54, 1.807) is 19.9 Å². The zero-order chi connectivity index (χ0) is 20.1. The highest BCUT2D eigenvalue weighted by atomic mass is 16.6. The van der Waals surface area contributed by atoms with Crippen molar-refractivity contribution >= 4 is 23.3 Å². The number of hydrogen-bond acceptors (Lipinski definition) is 7. The molecule has 0 aliphatic carbocycles. The summed E-state index contributed by atoms with van der Waals surface area (Å²) in [5, 5.41) is 11.2. The lowest BCUT2D eigenvalue weighted by molar-refractivity contribution is -0.384. The summed E-state index contributed by atoms with van der Waals surface area (Å²) < 4.78 is 10.2. The minimum atomic E-state index is -0.870. The molecule has 1 aromatic carbocycles. The number of hydrogen-bond donors (Lipinski definition) is 0. The molecule has 1 aliphatic rings. The summed E-state index contributed by atoms with van der Waals surface area (Å²) in [7, 11) is 1.25. The average Bonchev–Trinajstić information content (AvgIpc) is 2.64. The van der Waals surface area contributed by atoms with Gasteiger partial charge in [0.2, 0.25) is 0 Å². The van der Waals surface area contributed by atoms with Crippen LogP contribution in [0.2, 0.25) is 0 Å². The van der Waals surface area contributed by atoms with Gasteiger partial charge in [-0.25, -0.2) is 4.79 Å². The van der Waals surface area contributed by atoms with E-state index in [0.717, 1.165) is 0 Å². The number of nitrogens with zero attached hydrogens (tertiary/aromatic N) is 2. The van der Waals surface area contributed by atoms with Crippen molar-refractivity contribution in [2.75, 3.05) is 13.7 Å². The van der Waals surface area contributed by atoms with Crippen LogP contribution in [0.1, 0.15) is 38.7 Å². The lowest BCUT2D eigenvalue weighted by atomic mass is 9.75. The first kappa shape index (κ1) is 20.3. The molecule has 1 aromatic rings. The van der Waals surface area contributed by atoms with Crippen LogP contribution in [0.25, 0.3) is 0 Å². The highest BCUT2D eigenvalue weighted by molar-refractivity contribution is 6.07. The van der Waals surface area contributed by atoms with Crippen molar-refractivity contribution < 1.29 is 24.0 Å². The lowest BCUT2D eigenvalue weighted by Crippen LogP contribution is -2.36. The fourth-order valence-electron chi connectivity index (χ4n) is 3.20. The number of methoxy groups -OCH3 is 1. The van der Waals surface area contributed by atoms with Crippen LogP contribution in [0, 0.1) is 16.0 Å². The molecule has 2 unspecified atom stereocenters. The molecule has 0 saturated heterocycles. The summed E-state index contributed by atoms with van der Waals surface area (Å²) in [6.45, 7) is 5.42. The van der Waals surface area contributed by atoms with Gasteiger partial charge in [-0.2, -0.15) is 0 Å². The van der Waals surface area contributed by atoms with Crippen molar-refractivity contribution in [3.05, 3.63) is 51.2 Å². The maximum atomic E-state index is 12.7. The van der Waals surface area contributed by atoms with Gasteiger partial charge in [0, 0.05) is 29.5 Å². The Morgan fingerprint density at radius 1 is 1.30 bits per heavy atom. The monoisotopic (exact) mass is 374 g/mol. The maximum absolute atomic E-state index is 12.7. The van der Waals surface area contributed by atoms with Crippen molar-refractivity contribution in [1.29, 1.82) is 0 Å². The Bertz CT molecular complexity index is 827. The van der Waals surface area contributed by atoms with Crippen LogP contribution in [0.5, 0.6) is 0 Å². The standard InChI is InChI=1S/C19H22N2O6/c1-5-9-27-19(23)16-12(3)20-11(2)15(18(22)26-4)17(16)13-7-6-8-14(10-13)21(24)25/h6-8,10,15,17H,5,9H2,1-4H3. The molecule has 8 heteroatoms. The summed E-state index contributed by atoms with van der Waals surface area (Å²) >= 11 is 0. The smallest absolute Gasteiger partial charge is 0.336 e. The normalized spacial score (nSPS) is 19.3. The molecule has 0 amide bonds. The molecular weight excluding hydrogens is 352 g/mol. The largest absolute Gasteiger partial charge is 0.468 e. The fraction of sp³-hybridized carbons (Fsp3) is 0.421. The average molecular weight is 374 g/mol. The van der Waals surface area contributed by atoms with E-state index in [0.29, 0.717) is 23.4 Å². The minimum Gasteiger partial charge on any atom is -0.468 e. The van der Waals surface area contributed by atoms with Crippen LogP contribution in [-0.2, 0) is 19.1 Å². The summed E-state index contributed by atoms with van der Waals surface area (Å²) in [5.74, 6) is -2.80. The third-order valence-corrected chi connectivity index (χ3v) is 4.38. The third-order valence-electron chi connectivity index (χ3n) is 4.38. The lowest BCUT2D eigenvalue weighted by Gasteiger charge is -2.31. The molecule has 0 N–H and O–H groups in total. The molecule has 0 bridgehead atoms. The minimum absolute atomic E-state index is 0.129. The molecule has 1 aliphatic heterocycles. The SMILES string of the molecule is CCCOC(=O)C1=C(C)N=C(C)C(C(=O)OC)C1c1cccc([N+](=O)[O-])c1. The van der Waals surface area contributed by atoms with Crippen molar-refractivity contribution in [2.45, 2.75) is 33.1 Å². The quantitative estimate of drug-likeness (QED) is 0.430. The highest BCUT2D eigenvalue weighted by Crippen LogP contribution is 2.40. The molecule has 27 heavy (non-hydrogen) atoms. The Hall–Kier alpha value is -3.03. The van der Waals surface area contributed by atoms with Crippen LogP contribution in [0.3, 0.4) is 0 Å². The number of nitro benzene ring substituents is 1.